The lowest BCUT2D eigenvalue weighted by atomic mass is 10.0. The number of hydrogen-bond donors (Lipinski definition) is 1. The minimum Gasteiger partial charge on any atom is -0.494 e. The maximum atomic E-state index is 12.9. The molecular weight excluding hydrogens is 266 g/mol. The molecule has 0 radical (unpaired) electrons. The van der Waals surface area contributed by atoms with Gasteiger partial charge >= 0.3 is 0 Å². The van der Waals surface area contributed by atoms with E-state index < -0.39 is 0 Å². The van der Waals surface area contributed by atoms with Crippen LogP contribution in [0.5, 0.6) is 5.75 Å². The molecule has 5 nitrogen and oxygen atoms in total. The summed E-state index contributed by atoms with van der Waals surface area (Å²) in [5.74, 6) is 0.519. The van der Waals surface area contributed by atoms with E-state index in [0.717, 1.165) is 23.7 Å². The number of piperidine rings is 1. The van der Waals surface area contributed by atoms with Gasteiger partial charge in [0.25, 0.3) is 5.91 Å². The van der Waals surface area contributed by atoms with Crippen LogP contribution >= 0.6 is 0 Å². The highest BCUT2D eigenvalue weighted by molar-refractivity contribution is 6.08. The van der Waals surface area contributed by atoms with Crippen LogP contribution in [0.15, 0.2) is 30.5 Å². The maximum Gasteiger partial charge on any atom is 0.258 e. The van der Waals surface area contributed by atoms with Gasteiger partial charge in [0.05, 0.1) is 24.4 Å². The third kappa shape index (κ3) is 2.56. The molecule has 0 spiro atoms. The number of ether oxygens (including phenoxy) is 1. The van der Waals surface area contributed by atoms with E-state index in [2.05, 4.69) is 4.98 Å². The molecule has 0 unspecified atom stereocenters. The fraction of sp³-hybridized carbons (Fsp3) is 0.375. The summed E-state index contributed by atoms with van der Waals surface area (Å²) in [6, 6.07) is 7.83. The van der Waals surface area contributed by atoms with Crippen molar-refractivity contribution in [1.82, 2.24) is 9.88 Å². The Morgan fingerprint density at radius 2 is 2.05 bits per heavy atom. The summed E-state index contributed by atoms with van der Waals surface area (Å²) in [4.78, 5) is 19.1. The van der Waals surface area contributed by atoms with E-state index in [-0.39, 0.29) is 11.9 Å². The van der Waals surface area contributed by atoms with Crippen LogP contribution in [0.3, 0.4) is 0 Å². The zero-order valence-electron chi connectivity index (χ0n) is 12.1. The van der Waals surface area contributed by atoms with Crippen molar-refractivity contribution in [2.24, 2.45) is 5.73 Å². The molecule has 110 valence electrons. The summed E-state index contributed by atoms with van der Waals surface area (Å²) in [5, 5.41) is 0.830. The number of nitrogens with two attached hydrogens (primary N) is 1. The number of hydrogen-bond acceptors (Lipinski definition) is 4. The number of methoxy groups -OCH3 is 1. The monoisotopic (exact) mass is 285 g/mol. The number of para-hydroxylation sites is 1. The van der Waals surface area contributed by atoms with E-state index in [4.69, 9.17) is 10.5 Å². The molecule has 1 saturated heterocycles. The number of carbonyl (C=O) groups excluding carboxylic acids is 1. The molecule has 2 heterocycles. The molecule has 0 bridgehead atoms. The fourth-order valence-electron chi connectivity index (χ4n) is 2.76. The minimum atomic E-state index is -0.00245. The van der Waals surface area contributed by atoms with Gasteiger partial charge < -0.3 is 15.4 Å². The number of carbonyl (C=O) groups is 1. The first-order valence-corrected chi connectivity index (χ1v) is 7.17. The van der Waals surface area contributed by atoms with Crippen LogP contribution in [-0.2, 0) is 0 Å². The van der Waals surface area contributed by atoms with Crippen LogP contribution in [0.25, 0.3) is 10.9 Å². The van der Waals surface area contributed by atoms with Gasteiger partial charge in [0.1, 0.15) is 0 Å². The quantitative estimate of drug-likeness (QED) is 0.913. The number of amides is 1. The molecule has 21 heavy (non-hydrogen) atoms. The summed E-state index contributed by atoms with van der Waals surface area (Å²) in [6.07, 6.45) is 3.30. The third-order valence-electron chi connectivity index (χ3n) is 4.00. The van der Waals surface area contributed by atoms with Gasteiger partial charge in [0.15, 0.2) is 5.75 Å². The summed E-state index contributed by atoms with van der Waals surface area (Å²) < 4.78 is 5.35. The predicted octanol–water partition coefficient (Wildman–Crippen LogP) is 1.81. The number of rotatable bonds is 2. The van der Waals surface area contributed by atoms with Gasteiger partial charge in [-0.15, -0.1) is 0 Å². The van der Waals surface area contributed by atoms with Crippen LogP contribution in [0.2, 0.25) is 0 Å². The molecule has 1 aromatic carbocycles. The molecule has 1 aliphatic rings. The molecular formula is C16H19N3O2. The number of fused-ring (bicyclic) bond motifs is 1. The van der Waals surface area contributed by atoms with Crippen molar-refractivity contribution in [3.8, 4) is 5.75 Å². The second kappa shape index (κ2) is 5.69. The number of pyridine rings is 1. The predicted molar refractivity (Wildman–Crippen MR) is 81.4 cm³/mol. The third-order valence-corrected chi connectivity index (χ3v) is 4.00. The number of nitrogens with zero attached hydrogens (tertiary/aromatic N) is 2. The summed E-state index contributed by atoms with van der Waals surface area (Å²) in [5.41, 5.74) is 7.31. The fourth-order valence-corrected chi connectivity index (χ4v) is 2.76. The van der Waals surface area contributed by atoms with E-state index in [9.17, 15) is 4.79 Å². The van der Waals surface area contributed by atoms with Crippen LogP contribution in [0.1, 0.15) is 23.2 Å². The molecule has 1 amide bonds. The van der Waals surface area contributed by atoms with Crippen LogP contribution in [-0.4, -0.2) is 42.0 Å². The normalized spacial score (nSPS) is 16.2. The average molecular weight is 285 g/mol. The highest BCUT2D eigenvalue weighted by atomic mass is 16.5. The van der Waals surface area contributed by atoms with Crippen molar-refractivity contribution < 1.29 is 9.53 Å². The Kier molecular flexibility index (Phi) is 3.75. The first-order chi connectivity index (χ1) is 10.2. The SMILES string of the molecule is COc1cnc2ccccc2c1C(=O)N1CCC(N)CC1. The van der Waals surface area contributed by atoms with Gasteiger partial charge in [-0.3, -0.25) is 9.78 Å². The molecule has 1 fully saturated rings. The van der Waals surface area contributed by atoms with Crippen molar-refractivity contribution in [2.75, 3.05) is 20.2 Å². The van der Waals surface area contributed by atoms with Crippen molar-refractivity contribution in [1.29, 1.82) is 0 Å². The van der Waals surface area contributed by atoms with Crippen LogP contribution in [0.4, 0.5) is 0 Å². The van der Waals surface area contributed by atoms with Gasteiger partial charge in [0.2, 0.25) is 0 Å². The van der Waals surface area contributed by atoms with Crippen molar-refractivity contribution >= 4 is 16.8 Å². The smallest absolute Gasteiger partial charge is 0.258 e. The average Bonchev–Trinajstić information content (AvgIpc) is 2.53. The highest BCUT2D eigenvalue weighted by Gasteiger charge is 2.25. The topological polar surface area (TPSA) is 68.5 Å². The summed E-state index contributed by atoms with van der Waals surface area (Å²) in [6.45, 7) is 1.39. The van der Waals surface area contributed by atoms with E-state index in [0.29, 0.717) is 24.4 Å². The lowest BCUT2D eigenvalue weighted by molar-refractivity contribution is 0.0713. The Morgan fingerprint density at radius 3 is 2.76 bits per heavy atom. The zero-order chi connectivity index (χ0) is 14.8. The first-order valence-electron chi connectivity index (χ1n) is 7.17. The molecule has 3 rings (SSSR count). The van der Waals surface area contributed by atoms with Crippen molar-refractivity contribution in [3.63, 3.8) is 0 Å². The van der Waals surface area contributed by atoms with Crippen LogP contribution < -0.4 is 10.5 Å². The van der Waals surface area contributed by atoms with Crippen molar-refractivity contribution in [3.05, 3.63) is 36.0 Å². The molecule has 0 aliphatic carbocycles. The van der Waals surface area contributed by atoms with Crippen molar-refractivity contribution in [2.45, 2.75) is 18.9 Å². The van der Waals surface area contributed by atoms with Gasteiger partial charge in [-0.2, -0.15) is 0 Å². The Balaban J connectivity index is 2.03. The Labute approximate surface area is 123 Å². The lowest BCUT2D eigenvalue weighted by Gasteiger charge is -2.30. The van der Waals surface area contributed by atoms with E-state index in [1.54, 1.807) is 13.3 Å². The van der Waals surface area contributed by atoms with E-state index in [1.165, 1.54) is 0 Å². The second-order valence-corrected chi connectivity index (χ2v) is 5.35. The Morgan fingerprint density at radius 1 is 1.33 bits per heavy atom. The number of aromatic nitrogens is 1. The summed E-state index contributed by atoms with van der Waals surface area (Å²) in [7, 11) is 1.56. The standard InChI is InChI=1S/C16H19N3O2/c1-21-14-10-18-13-5-3-2-4-12(13)15(14)16(20)19-8-6-11(17)7-9-19/h2-5,10-11H,6-9,17H2,1H3. The van der Waals surface area contributed by atoms with Gasteiger partial charge in [-0.25, -0.2) is 0 Å². The maximum absolute atomic E-state index is 12.9. The molecule has 0 atom stereocenters. The van der Waals surface area contributed by atoms with Gasteiger partial charge in [0, 0.05) is 24.5 Å². The first kappa shape index (κ1) is 13.8. The largest absolute Gasteiger partial charge is 0.494 e. The molecule has 5 heteroatoms. The molecule has 2 aromatic rings. The second-order valence-electron chi connectivity index (χ2n) is 5.35. The highest BCUT2D eigenvalue weighted by Crippen LogP contribution is 2.28. The summed E-state index contributed by atoms with van der Waals surface area (Å²) >= 11 is 0. The van der Waals surface area contributed by atoms with E-state index in [1.807, 2.05) is 29.2 Å². The lowest BCUT2D eigenvalue weighted by Crippen LogP contribution is -2.43. The Bertz CT molecular complexity index is 664. The number of likely N-dealkylation sites (tertiary alicyclic amines) is 1. The molecule has 2 N–H and O–H groups in total. The van der Waals surface area contributed by atoms with Gasteiger partial charge in [-0.05, 0) is 18.9 Å². The molecule has 1 aliphatic heterocycles. The van der Waals surface area contributed by atoms with Crippen LogP contribution in [0, 0.1) is 0 Å². The molecule has 1 aromatic heterocycles. The minimum absolute atomic E-state index is 0.00245. The number of benzene rings is 1. The Hall–Kier alpha value is -2.14. The van der Waals surface area contributed by atoms with Gasteiger partial charge in [-0.1, -0.05) is 18.2 Å². The van der Waals surface area contributed by atoms with E-state index >= 15 is 0 Å². The molecule has 0 saturated carbocycles. The zero-order valence-corrected chi connectivity index (χ0v) is 12.1.